The second-order valence-corrected chi connectivity index (χ2v) is 3.85. The van der Waals surface area contributed by atoms with Crippen molar-refractivity contribution >= 4 is 15.9 Å². The summed E-state index contributed by atoms with van der Waals surface area (Å²) in [7, 11) is 0. The molecule has 1 heterocycles. The van der Waals surface area contributed by atoms with Gasteiger partial charge in [0.05, 0.1) is 10.2 Å². The summed E-state index contributed by atoms with van der Waals surface area (Å²) in [6.07, 6.45) is 1.78. The highest BCUT2D eigenvalue weighted by atomic mass is 79.9. The molecule has 70 valence electrons. The molecule has 2 aromatic rings. The lowest BCUT2D eigenvalue weighted by Gasteiger charge is -2.01. The molecule has 14 heavy (non-hydrogen) atoms. The van der Waals surface area contributed by atoms with Crippen molar-refractivity contribution in [3.63, 3.8) is 0 Å². The molecule has 0 radical (unpaired) electrons. The van der Waals surface area contributed by atoms with Gasteiger partial charge in [0.1, 0.15) is 0 Å². The summed E-state index contributed by atoms with van der Waals surface area (Å²) in [5.41, 5.74) is 2.00. The smallest absolute Gasteiger partial charge is 0.159 e. The molecule has 0 aliphatic carbocycles. The molecule has 0 saturated heterocycles. The molecule has 2 nitrogen and oxygen atoms in total. The zero-order valence-electron chi connectivity index (χ0n) is 7.74. The third-order valence-electron chi connectivity index (χ3n) is 1.95. The third-order valence-corrected chi connectivity index (χ3v) is 2.73. The highest BCUT2D eigenvalue weighted by Crippen LogP contribution is 2.18. The standard InChI is InChI=1S/C11H9BrN2/c1-8-10(12)7-13-11(14-8)9-5-3-2-4-6-9/h2-7H,1H3. The number of nitrogens with zero attached hydrogens (tertiary/aromatic N) is 2. The number of aromatic nitrogens is 2. The summed E-state index contributed by atoms with van der Waals surface area (Å²) in [6, 6.07) is 9.95. The molecular formula is C11H9BrN2. The number of rotatable bonds is 1. The van der Waals surface area contributed by atoms with E-state index in [2.05, 4.69) is 25.9 Å². The first-order valence-corrected chi connectivity index (χ1v) is 5.11. The first-order valence-electron chi connectivity index (χ1n) is 4.32. The Bertz CT molecular complexity index is 440. The van der Waals surface area contributed by atoms with E-state index in [0.717, 1.165) is 21.6 Å². The Kier molecular flexibility index (Phi) is 2.59. The fourth-order valence-electron chi connectivity index (χ4n) is 1.18. The monoisotopic (exact) mass is 248 g/mol. The van der Waals surface area contributed by atoms with E-state index in [4.69, 9.17) is 0 Å². The maximum Gasteiger partial charge on any atom is 0.159 e. The lowest BCUT2D eigenvalue weighted by atomic mass is 10.2. The van der Waals surface area contributed by atoms with Crippen molar-refractivity contribution in [2.24, 2.45) is 0 Å². The SMILES string of the molecule is Cc1nc(-c2ccccc2)ncc1Br. The normalized spacial score (nSPS) is 10.1. The molecule has 0 N–H and O–H groups in total. The van der Waals surface area contributed by atoms with Gasteiger partial charge in [0, 0.05) is 11.8 Å². The molecule has 0 amide bonds. The molecule has 0 atom stereocenters. The van der Waals surface area contributed by atoms with Gasteiger partial charge in [-0.3, -0.25) is 0 Å². The molecule has 0 fully saturated rings. The van der Waals surface area contributed by atoms with Gasteiger partial charge in [-0.05, 0) is 22.9 Å². The maximum absolute atomic E-state index is 4.38. The highest BCUT2D eigenvalue weighted by Gasteiger charge is 2.02. The largest absolute Gasteiger partial charge is 0.235 e. The molecule has 0 aliphatic heterocycles. The van der Waals surface area contributed by atoms with Gasteiger partial charge in [0.25, 0.3) is 0 Å². The predicted molar refractivity (Wildman–Crippen MR) is 59.9 cm³/mol. The van der Waals surface area contributed by atoms with Crippen LogP contribution in [0.2, 0.25) is 0 Å². The number of hydrogen-bond donors (Lipinski definition) is 0. The first kappa shape index (κ1) is 9.34. The quantitative estimate of drug-likeness (QED) is 0.775. The van der Waals surface area contributed by atoms with Gasteiger partial charge in [-0.2, -0.15) is 0 Å². The van der Waals surface area contributed by atoms with Crippen LogP contribution in [0.25, 0.3) is 11.4 Å². The van der Waals surface area contributed by atoms with Gasteiger partial charge in [-0.25, -0.2) is 9.97 Å². The molecule has 1 aromatic carbocycles. The second-order valence-electron chi connectivity index (χ2n) is 2.99. The van der Waals surface area contributed by atoms with E-state index in [1.165, 1.54) is 0 Å². The van der Waals surface area contributed by atoms with E-state index in [-0.39, 0.29) is 0 Å². The van der Waals surface area contributed by atoms with Crippen molar-refractivity contribution in [2.75, 3.05) is 0 Å². The molecule has 0 aliphatic rings. The van der Waals surface area contributed by atoms with Crippen LogP contribution in [0, 0.1) is 6.92 Å². The van der Waals surface area contributed by atoms with Crippen LogP contribution in [0.5, 0.6) is 0 Å². The molecule has 0 unspecified atom stereocenters. The Labute approximate surface area is 91.2 Å². The Morgan fingerprint density at radius 2 is 1.86 bits per heavy atom. The number of hydrogen-bond acceptors (Lipinski definition) is 2. The molecule has 0 saturated carbocycles. The van der Waals surface area contributed by atoms with Crippen LogP contribution >= 0.6 is 15.9 Å². The summed E-state index contributed by atoms with van der Waals surface area (Å²) >= 11 is 3.38. The Morgan fingerprint density at radius 3 is 2.50 bits per heavy atom. The van der Waals surface area contributed by atoms with Gasteiger partial charge in [0.2, 0.25) is 0 Å². The van der Waals surface area contributed by atoms with E-state index < -0.39 is 0 Å². The fraction of sp³-hybridized carbons (Fsp3) is 0.0909. The summed E-state index contributed by atoms with van der Waals surface area (Å²) < 4.78 is 0.942. The van der Waals surface area contributed by atoms with Gasteiger partial charge < -0.3 is 0 Å². The van der Waals surface area contributed by atoms with Crippen LogP contribution in [0.15, 0.2) is 41.0 Å². The van der Waals surface area contributed by atoms with Crippen molar-refractivity contribution in [3.05, 3.63) is 46.7 Å². The Balaban J connectivity index is 2.48. The zero-order valence-corrected chi connectivity index (χ0v) is 9.32. The van der Waals surface area contributed by atoms with E-state index in [1.54, 1.807) is 6.20 Å². The van der Waals surface area contributed by atoms with Crippen molar-refractivity contribution in [1.82, 2.24) is 9.97 Å². The van der Waals surface area contributed by atoms with Crippen LogP contribution in [-0.4, -0.2) is 9.97 Å². The maximum atomic E-state index is 4.38. The second kappa shape index (κ2) is 3.88. The van der Waals surface area contributed by atoms with Crippen LogP contribution in [0.4, 0.5) is 0 Å². The minimum atomic E-state index is 0.770. The average molecular weight is 249 g/mol. The number of aryl methyl sites for hydroxylation is 1. The lowest BCUT2D eigenvalue weighted by Crippen LogP contribution is -1.91. The molecule has 3 heteroatoms. The molecular weight excluding hydrogens is 240 g/mol. The summed E-state index contributed by atoms with van der Waals surface area (Å²) in [4.78, 5) is 8.64. The van der Waals surface area contributed by atoms with Crippen molar-refractivity contribution in [1.29, 1.82) is 0 Å². The van der Waals surface area contributed by atoms with Gasteiger partial charge in [-0.15, -0.1) is 0 Å². The van der Waals surface area contributed by atoms with Crippen molar-refractivity contribution in [2.45, 2.75) is 6.92 Å². The fourth-order valence-corrected chi connectivity index (χ4v) is 1.37. The van der Waals surface area contributed by atoms with E-state index in [9.17, 15) is 0 Å². The summed E-state index contributed by atoms with van der Waals surface area (Å²) in [5, 5.41) is 0. The zero-order chi connectivity index (χ0) is 9.97. The number of benzene rings is 1. The molecule has 0 bridgehead atoms. The third kappa shape index (κ3) is 1.82. The Hall–Kier alpha value is -1.22. The minimum Gasteiger partial charge on any atom is -0.235 e. The lowest BCUT2D eigenvalue weighted by molar-refractivity contribution is 1.09. The molecule has 2 rings (SSSR count). The van der Waals surface area contributed by atoms with Gasteiger partial charge >= 0.3 is 0 Å². The summed E-state index contributed by atoms with van der Waals surface area (Å²) in [6.45, 7) is 1.96. The molecule has 1 aromatic heterocycles. The van der Waals surface area contributed by atoms with Crippen LogP contribution in [-0.2, 0) is 0 Å². The Morgan fingerprint density at radius 1 is 1.14 bits per heavy atom. The topological polar surface area (TPSA) is 25.8 Å². The van der Waals surface area contributed by atoms with Crippen LogP contribution in [0.3, 0.4) is 0 Å². The van der Waals surface area contributed by atoms with Crippen molar-refractivity contribution in [3.8, 4) is 11.4 Å². The minimum absolute atomic E-state index is 0.770. The first-order chi connectivity index (χ1) is 6.77. The predicted octanol–water partition coefficient (Wildman–Crippen LogP) is 3.21. The van der Waals surface area contributed by atoms with Crippen LogP contribution in [0.1, 0.15) is 5.69 Å². The van der Waals surface area contributed by atoms with Gasteiger partial charge in [-0.1, -0.05) is 30.3 Å². The highest BCUT2D eigenvalue weighted by molar-refractivity contribution is 9.10. The van der Waals surface area contributed by atoms with Crippen LogP contribution < -0.4 is 0 Å². The van der Waals surface area contributed by atoms with Crippen molar-refractivity contribution < 1.29 is 0 Å². The van der Waals surface area contributed by atoms with Gasteiger partial charge in [0.15, 0.2) is 5.82 Å². The average Bonchev–Trinajstić information content (AvgIpc) is 2.23. The van der Waals surface area contributed by atoms with E-state index in [1.807, 2.05) is 37.3 Å². The summed E-state index contributed by atoms with van der Waals surface area (Å²) in [5.74, 6) is 0.770. The number of halogens is 1. The van der Waals surface area contributed by atoms with E-state index in [0.29, 0.717) is 0 Å². The molecule has 0 spiro atoms. The van der Waals surface area contributed by atoms with E-state index >= 15 is 0 Å².